The van der Waals surface area contributed by atoms with E-state index in [-0.39, 0.29) is 0 Å². The Morgan fingerprint density at radius 2 is 1.24 bits per heavy atom. The zero-order chi connectivity index (χ0) is 13.1. The summed E-state index contributed by atoms with van der Waals surface area (Å²) in [6.45, 7) is 12.4. The molecule has 0 saturated heterocycles. The summed E-state index contributed by atoms with van der Waals surface area (Å²) in [5.74, 6) is 0. The highest BCUT2D eigenvalue weighted by atomic mass is 16.5. The minimum Gasteiger partial charge on any atom is -0.379 e. The lowest BCUT2D eigenvalue weighted by atomic mass is 10.3. The SMILES string of the molecule is CC(C)OCCCCN(C)CCCOC(C)C. The van der Waals surface area contributed by atoms with Gasteiger partial charge >= 0.3 is 0 Å². The van der Waals surface area contributed by atoms with Gasteiger partial charge in [0.2, 0.25) is 0 Å². The van der Waals surface area contributed by atoms with Gasteiger partial charge in [0.1, 0.15) is 0 Å². The third kappa shape index (κ3) is 13.8. The maximum Gasteiger partial charge on any atom is 0.0518 e. The smallest absolute Gasteiger partial charge is 0.0518 e. The molecule has 0 aliphatic carbocycles. The first kappa shape index (κ1) is 16.9. The second-order valence-electron chi connectivity index (χ2n) is 5.20. The predicted octanol–water partition coefficient (Wildman–Crippen LogP) is 2.94. The molecule has 17 heavy (non-hydrogen) atoms. The van der Waals surface area contributed by atoms with Crippen molar-refractivity contribution in [3.05, 3.63) is 0 Å². The summed E-state index contributed by atoms with van der Waals surface area (Å²) >= 11 is 0. The highest BCUT2D eigenvalue weighted by Gasteiger charge is 2.00. The van der Waals surface area contributed by atoms with Crippen LogP contribution in [0.1, 0.15) is 47.0 Å². The van der Waals surface area contributed by atoms with E-state index in [0.29, 0.717) is 12.2 Å². The Bertz CT molecular complexity index is 160. The van der Waals surface area contributed by atoms with Crippen molar-refractivity contribution in [2.45, 2.75) is 59.2 Å². The Kier molecular flexibility index (Phi) is 10.9. The summed E-state index contributed by atoms with van der Waals surface area (Å²) in [5, 5.41) is 0. The van der Waals surface area contributed by atoms with Crippen molar-refractivity contribution in [1.82, 2.24) is 4.90 Å². The molecular formula is C14H31NO2. The number of hydrogen-bond acceptors (Lipinski definition) is 3. The van der Waals surface area contributed by atoms with E-state index in [2.05, 4.69) is 39.6 Å². The molecule has 0 N–H and O–H groups in total. The van der Waals surface area contributed by atoms with Gasteiger partial charge in [-0.3, -0.25) is 0 Å². The molecule has 0 aromatic rings. The first-order chi connectivity index (χ1) is 8.02. The van der Waals surface area contributed by atoms with Gasteiger partial charge in [-0.2, -0.15) is 0 Å². The third-order valence-corrected chi connectivity index (χ3v) is 2.52. The molecule has 0 aromatic heterocycles. The van der Waals surface area contributed by atoms with Gasteiger partial charge in [-0.25, -0.2) is 0 Å². The molecule has 0 bridgehead atoms. The van der Waals surface area contributed by atoms with Crippen LogP contribution in [0.25, 0.3) is 0 Å². The average Bonchev–Trinajstić information content (AvgIpc) is 2.23. The molecule has 3 nitrogen and oxygen atoms in total. The normalized spacial score (nSPS) is 12.0. The van der Waals surface area contributed by atoms with Crippen LogP contribution in [0.5, 0.6) is 0 Å². The van der Waals surface area contributed by atoms with E-state index in [9.17, 15) is 0 Å². The highest BCUT2D eigenvalue weighted by Crippen LogP contribution is 1.98. The molecule has 104 valence electrons. The Labute approximate surface area is 107 Å². The summed E-state index contributed by atoms with van der Waals surface area (Å²) in [4.78, 5) is 2.37. The predicted molar refractivity (Wildman–Crippen MR) is 73.5 cm³/mol. The molecule has 0 saturated carbocycles. The van der Waals surface area contributed by atoms with Crippen molar-refractivity contribution in [2.24, 2.45) is 0 Å². The average molecular weight is 245 g/mol. The number of nitrogens with zero attached hydrogens (tertiary/aromatic N) is 1. The van der Waals surface area contributed by atoms with Crippen LogP contribution in [-0.2, 0) is 9.47 Å². The van der Waals surface area contributed by atoms with Crippen molar-refractivity contribution in [1.29, 1.82) is 0 Å². The molecular weight excluding hydrogens is 214 g/mol. The Morgan fingerprint density at radius 3 is 1.76 bits per heavy atom. The standard InChI is InChI=1S/C14H31NO2/c1-13(2)16-11-7-6-9-15(5)10-8-12-17-14(3)4/h13-14H,6-12H2,1-5H3. The lowest BCUT2D eigenvalue weighted by molar-refractivity contribution is 0.0688. The van der Waals surface area contributed by atoms with Crippen molar-refractivity contribution >= 4 is 0 Å². The first-order valence-electron chi connectivity index (χ1n) is 6.94. The summed E-state index contributed by atoms with van der Waals surface area (Å²) in [5.41, 5.74) is 0. The molecule has 0 atom stereocenters. The maximum atomic E-state index is 5.51. The Morgan fingerprint density at radius 1 is 0.765 bits per heavy atom. The molecule has 0 unspecified atom stereocenters. The fraction of sp³-hybridized carbons (Fsp3) is 1.00. The van der Waals surface area contributed by atoms with E-state index >= 15 is 0 Å². The molecule has 0 fully saturated rings. The van der Waals surface area contributed by atoms with Crippen molar-refractivity contribution in [3.8, 4) is 0 Å². The summed E-state index contributed by atoms with van der Waals surface area (Å²) in [6.07, 6.45) is 4.21. The number of unbranched alkanes of at least 4 members (excludes halogenated alkanes) is 1. The van der Waals surface area contributed by atoms with E-state index in [0.717, 1.165) is 39.1 Å². The van der Waals surface area contributed by atoms with Gasteiger partial charge in [0.25, 0.3) is 0 Å². The molecule has 0 amide bonds. The summed E-state index contributed by atoms with van der Waals surface area (Å²) in [7, 11) is 2.18. The monoisotopic (exact) mass is 245 g/mol. The zero-order valence-corrected chi connectivity index (χ0v) is 12.4. The summed E-state index contributed by atoms with van der Waals surface area (Å²) < 4.78 is 11.0. The van der Waals surface area contributed by atoms with Crippen molar-refractivity contribution in [3.63, 3.8) is 0 Å². The zero-order valence-electron chi connectivity index (χ0n) is 12.4. The fourth-order valence-electron chi connectivity index (χ4n) is 1.57. The second-order valence-corrected chi connectivity index (χ2v) is 5.20. The molecule has 0 rings (SSSR count). The van der Waals surface area contributed by atoms with Gasteiger partial charge < -0.3 is 14.4 Å². The van der Waals surface area contributed by atoms with E-state index in [4.69, 9.17) is 9.47 Å². The third-order valence-electron chi connectivity index (χ3n) is 2.52. The topological polar surface area (TPSA) is 21.7 Å². The maximum absolute atomic E-state index is 5.51. The van der Waals surface area contributed by atoms with Crippen LogP contribution < -0.4 is 0 Å². The van der Waals surface area contributed by atoms with Crippen LogP contribution in [0.2, 0.25) is 0 Å². The minimum atomic E-state index is 0.355. The second kappa shape index (κ2) is 11.0. The van der Waals surface area contributed by atoms with Crippen LogP contribution in [0.15, 0.2) is 0 Å². The van der Waals surface area contributed by atoms with Gasteiger partial charge in [-0.05, 0) is 60.5 Å². The number of ether oxygens (including phenoxy) is 2. The van der Waals surface area contributed by atoms with Gasteiger partial charge in [0, 0.05) is 19.8 Å². The van der Waals surface area contributed by atoms with Gasteiger partial charge in [0.05, 0.1) is 12.2 Å². The molecule has 0 heterocycles. The summed E-state index contributed by atoms with van der Waals surface area (Å²) in [6, 6.07) is 0. The van der Waals surface area contributed by atoms with Crippen molar-refractivity contribution < 1.29 is 9.47 Å². The van der Waals surface area contributed by atoms with Crippen LogP contribution in [-0.4, -0.2) is 50.5 Å². The van der Waals surface area contributed by atoms with Crippen molar-refractivity contribution in [2.75, 3.05) is 33.4 Å². The van der Waals surface area contributed by atoms with E-state index in [1.165, 1.54) is 6.42 Å². The first-order valence-corrected chi connectivity index (χ1v) is 6.94. The Hall–Kier alpha value is -0.120. The molecule has 0 radical (unpaired) electrons. The molecule has 0 aromatic carbocycles. The molecule has 0 aliphatic heterocycles. The van der Waals surface area contributed by atoms with Crippen LogP contribution in [0.4, 0.5) is 0 Å². The molecule has 0 aliphatic rings. The largest absolute Gasteiger partial charge is 0.379 e. The quantitative estimate of drug-likeness (QED) is 0.522. The van der Waals surface area contributed by atoms with E-state index in [1.54, 1.807) is 0 Å². The lowest BCUT2D eigenvalue weighted by Crippen LogP contribution is -2.22. The lowest BCUT2D eigenvalue weighted by Gasteiger charge is -2.17. The Balaban J connectivity index is 3.20. The number of rotatable bonds is 11. The van der Waals surface area contributed by atoms with E-state index in [1.807, 2.05) is 0 Å². The van der Waals surface area contributed by atoms with Gasteiger partial charge in [-0.15, -0.1) is 0 Å². The van der Waals surface area contributed by atoms with Crippen LogP contribution in [0, 0.1) is 0 Å². The van der Waals surface area contributed by atoms with Gasteiger partial charge in [0.15, 0.2) is 0 Å². The fourth-order valence-corrected chi connectivity index (χ4v) is 1.57. The van der Waals surface area contributed by atoms with Crippen LogP contribution >= 0.6 is 0 Å². The van der Waals surface area contributed by atoms with Gasteiger partial charge in [-0.1, -0.05) is 0 Å². The minimum absolute atomic E-state index is 0.355. The highest BCUT2D eigenvalue weighted by molar-refractivity contribution is 4.53. The number of hydrogen-bond donors (Lipinski definition) is 0. The van der Waals surface area contributed by atoms with Crippen LogP contribution in [0.3, 0.4) is 0 Å². The van der Waals surface area contributed by atoms with E-state index < -0.39 is 0 Å². The molecule has 0 spiro atoms. The molecule has 3 heteroatoms.